The van der Waals surface area contributed by atoms with Crippen LogP contribution in [0.5, 0.6) is 0 Å². The van der Waals surface area contributed by atoms with Crippen molar-refractivity contribution >= 4 is 22.6 Å². The number of carbonyl (C=O) groups is 1. The fourth-order valence-electron chi connectivity index (χ4n) is 4.73. The highest BCUT2D eigenvalue weighted by atomic mass is 16.2. The number of benzene rings is 2. The lowest BCUT2D eigenvalue weighted by atomic mass is 9.94. The van der Waals surface area contributed by atoms with Crippen molar-refractivity contribution in [2.24, 2.45) is 5.92 Å². The van der Waals surface area contributed by atoms with E-state index in [2.05, 4.69) is 34.1 Å². The van der Waals surface area contributed by atoms with Crippen LogP contribution in [0.25, 0.3) is 22.3 Å². The molecule has 154 valence electrons. The van der Waals surface area contributed by atoms with E-state index in [1.165, 1.54) is 6.42 Å². The lowest BCUT2D eigenvalue weighted by molar-refractivity contribution is -0.137. The third kappa shape index (κ3) is 3.76. The zero-order valence-electron chi connectivity index (χ0n) is 17.3. The monoisotopic (exact) mass is 400 g/mol. The summed E-state index contributed by atoms with van der Waals surface area (Å²) in [5.41, 5.74) is 1.99. The van der Waals surface area contributed by atoms with Crippen LogP contribution in [-0.4, -0.2) is 47.0 Å². The summed E-state index contributed by atoms with van der Waals surface area (Å²) in [6, 6.07) is 18.4. The largest absolute Gasteiger partial charge is 0.356 e. The Kier molecular flexibility index (Phi) is 5.35. The van der Waals surface area contributed by atoms with E-state index in [0.717, 1.165) is 80.0 Å². The standard InChI is InChI=1S/C25H28N4O/c30-25(29-15-7-2-8-16-29)20-13-17-28(18-14-20)24-21-11-5-6-12-22(21)26-23(27-24)19-9-3-1-4-10-19/h1,3-6,9-12,20H,2,7-8,13-18H2. The van der Waals surface area contributed by atoms with Crippen molar-refractivity contribution < 1.29 is 4.79 Å². The lowest BCUT2D eigenvalue weighted by Gasteiger charge is -2.36. The maximum absolute atomic E-state index is 12.9. The molecule has 0 saturated carbocycles. The van der Waals surface area contributed by atoms with Gasteiger partial charge in [0.2, 0.25) is 5.91 Å². The Labute approximate surface area is 177 Å². The first-order valence-corrected chi connectivity index (χ1v) is 11.2. The molecule has 3 aromatic rings. The Hall–Kier alpha value is -2.95. The number of amides is 1. The molecule has 30 heavy (non-hydrogen) atoms. The molecule has 0 aliphatic carbocycles. The minimum absolute atomic E-state index is 0.154. The summed E-state index contributed by atoms with van der Waals surface area (Å²) in [6.07, 6.45) is 5.36. The smallest absolute Gasteiger partial charge is 0.225 e. The molecule has 0 unspecified atom stereocenters. The summed E-state index contributed by atoms with van der Waals surface area (Å²) >= 11 is 0. The maximum Gasteiger partial charge on any atom is 0.225 e. The van der Waals surface area contributed by atoms with Gasteiger partial charge in [-0.2, -0.15) is 0 Å². The predicted octanol–water partition coefficient (Wildman–Crippen LogP) is 4.53. The van der Waals surface area contributed by atoms with Gasteiger partial charge in [0.25, 0.3) is 0 Å². The zero-order valence-corrected chi connectivity index (χ0v) is 17.3. The Morgan fingerprint density at radius 3 is 2.27 bits per heavy atom. The van der Waals surface area contributed by atoms with Gasteiger partial charge in [0, 0.05) is 43.0 Å². The van der Waals surface area contributed by atoms with Crippen molar-refractivity contribution in [2.45, 2.75) is 32.1 Å². The Morgan fingerprint density at radius 1 is 0.800 bits per heavy atom. The summed E-state index contributed by atoms with van der Waals surface area (Å²) in [7, 11) is 0. The number of likely N-dealkylation sites (tertiary alicyclic amines) is 1. The van der Waals surface area contributed by atoms with Crippen LogP contribution in [0, 0.1) is 5.92 Å². The second-order valence-electron chi connectivity index (χ2n) is 8.40. The first-order chi connectivity index (χ1) is 14.8. The molecule has 2 aliphatic rings. The molecular weight excluding hydrogens is 372 g/mol. The molecule has 2 fully saturated rings. The van der Waals surface area contributed by atoms with Crippen molar-refractivity contribution in [1.82, 2.24) is 14.9 Å². The Bertz CT molecular complexity index is 1020. The molecule has 0 N–H and O–H groups in total. The van der Waals surface area contributed by atoms with Crippen LogP contribution in [0.4, 0.5) is 5.82 Å². The molecule has 3 heterocycles. The van der Waals surface area contributed by atoms with Crippen LogP contribution in [0.3, 0.4) is 0 Å². The summed E-state index contributed by atoms with van der Waals surface area (Å²) in [6.45, 7) is 3.60. The highest BCUT2D eigenvalue weighted by Crippen LogP contribution is 2.31. The Morgan fingerprint density at radius 2 is 1.50 bits per heavy atom. The lowest BCUT2D eigenvalue weighted by Crippen LogP contribution is -2.44. The van der Waals surface area contributed by atoms with Crippen LogP contribution < -0.4 is 4.90 Å². The fourth-order valence-corrected chi connectivity index (χ4v) is 4.73. The molecule has 5 heteroatoms. The highest BCUT2D eigenvalue weighted by molar-refractivity contribution is 5.91. The average molecular weight is 401 g/mol. The first kappa shape index (κ1) is 19.0. The zero-order chi connectivity index (χ0) is 20.3. The number of hydrogen-bond donors (Lipinski definition) is 0. The highest BCUT2D eigenvalue weighted by Gasteiger charge is 2.30. The van der Waals surface area contributed by atoms with Gasteiger partial charge in [0.15, 0.2) is 5.82 Å². The van der Waals surface area contributed by atoms with Gasteiger partial charge in [-0.25, -0.2) is 9.97 Å². The molecule has 0 atom stereocenters. The molecule has 5 nitrogen and oxygen atoms in total. The number of carbonyl (C=O) groups excluding carboxylic acids is 1. The summed E-state index contributed by atoms with van der Waals surface area (Å²) < 4.78 is 0. The van der Waals surface area contributed by atoms with Crippen LogP contribution >= 0.6 is 0 Å². The van der Waals surface area contributed by atoms with Crippen molar-refractivity contribution in [1.29, 1.82) is 0 Å². The van der Waals surface area contributed by atoms with Gasteiger partial charge >= 0.3 is 0 Å². The number of rotatable bonds is 3. The first-order valence-electron chi connectivity index (χ1n) is 11.2. The van der Waals surface area contributed by atoms with Crippen molar-refractivity contribution in [2.75, 3.05) is 31.1 Å². The van der Waals surface area contributed by atoms with Gasteiger partial charge in [-0.3, -0.25) is 4.79 Å². The van der Waals surface area contributed by atoms with E-state index < -0.39 is 0 Å². The number of anilines is 1. The van der Waals surface area contributed by atoms with E-state index in [-0.39, 0.29) is 5.92 Å². The van der Waals surface area contributed by atoms with Crippen LogP contribution in [-0.2, 0) is 4.79 Å². The maximum atomic E-state index is 12.9. The minimum atomic E-state index is 0.154. The SMILES string of the molecule is O=C(C1CCN(c2nc(-c3ccccc3)nc3ccccc23)CC1)N1CCCCC1. The van der Waals surface area contributed by atoms with Gasteiger partial charge in [-0.15, -0.1) is 0 Å². The third-order valence-electron chi connectivity index (χ3n) is 6.43. The van der Waals surface area contributed by atoms with Gasteiger partial charge in [0.1, 0.15) is 5.82 Å². The molecule has 0 bridgehead atoms. The molecule has 5 rings (SSSR count). The topological polar surface area (TPSA) is 49.3 Å². The van der Waals surface area contributed by atoms with Gasteiger partial charge in [-0.1, -0.05) is 42.5 Å². The number of fused-ring (bicyclic) bond motifs is 1. The molecule has 2 saturated heterocycles. The molecule has 1 aromatic heterocycles. The number of para-hydroxylation sites is 1. The van der Waals surface area contributed by atoms with E-state index in [4.69, 9.17) is 9.97 Å². The number of aromatic nitrogens is 2. The van der Waals surface area contributed by atoms with E-state index in [0.29, 0.717) is 5.91 Å². The van der Waals surface area contributed by atoms with Crippen molar-refractivity contribution in [3.63, 3.8) is 0 Å². The van der Waals surface area contributed by atoms with Crippen LogP contribution in [0.1, 0.15) is 32.1 Å². The third-order valence-corrected chi connectivity index (χ3v) is 6.43. The molecule has 2 aliphatic heterocycles. The number of hydrogen-bond acceptors (Lipinski definition) is 4. The Balaban J connectivity index is 1.39. The number of nitrogens with zero attached hydrogens (tertiary/aromatic N) is 4. The molecule has 2 aromatic carbocycles. The van der Waals surface area contributed by atoms with Gasteiger partial charge < -0.3 is 9.80 Å². The van der Waals surface area contributed by atoms with Crippen molar-refractivity contribution in [3.8, 4) is 11.4 Å². The van der Waals surface area contributed by atoms with Gasteiger partial charge in [0.05, 0.1) is 5.52 Å². The molecule has 0 spiro atoms. The normalized spacial score (nSPS) is 18.0. The van der Waals surface area contributed by atoms with Crippen molar-refractivity contribution in [3.05, 3.63) is 54.6 Å². The van der Waals surface area contributed by atoms with E-state index in [9.17, 15) is 4.79 Å². The average Bonchev–Trinajstić information content (AvgIpc) is 2.84. The molecule has 1 amide bonds. The summed E-state index contributed by atoms with van der Waals surface area (Å²) in [5, 5.41) is 1.08. The minimum Gasteiger partial charge on any atom is -0.356 e. The second kappa shape index (κ2) is 8.42. The van der Waals surface area contributed by atoms with E-state index in [1.807, 2.05) is 30.3 Å². The number of piperidine rings is 2. The fraction of sp³-hybridized carbons (Fsp3) is 0.400. The second-order valence-corrected chi connectivity index (χ2v) is 8.40. The molecule has 0 radical (unpaired) electrons. The summed E-state index contributed by atoms with van der Waals surface area (Å²) in [5.74, 6) is 2.27. The van der Waals surface area contributed by atoms with E-state index >= 15 is 0 Å². The molecular formula is C25H28N4O. The van der Waals surface area contributed by atoms with Gasteiger partial charge in [-0.05, 0) is 44.2 Å². The summed E-state index contributed by atoms with van der Waals surface area (Å²) in [4.78, 5) is 27.1. The van der Waals surface area contributed by atoms with E-state index in [1.54, 1.807) is 0 Å². The van der Waals surface area contributed by atoms with Crippen LogP contribution in [0.15, 0.2) is 54.6 Å². The quantitative estimate of drug-likeness (QED) is 0.648. The van der Waals surface area contributed by atoms with Crippen LogP contribution in [0.2, 0.25) is 0 Å². The predicted molar refractivity (Wildman–Crippen MR) is 120 cm³/mol.